The summed E-state index contributed by atoms with van der Waals surface area (Å²) in [6.07, 6.45) is 1.20. The quantitative estimate of drug-likeness (QED) is 0.479. The van der Waals surface area contributed by atoms with Crippen molar-refractivity contribution in [3.05, 3.63) is 71.3 Å². The van der Waals surface area contributed by atoms with Crippen LogP contribution in [0.5, 0.6) is 0 Å². The number of ether oxygens (including phenoxy) is 1. The second-order valence-corrected chi connectivity index (χ2v) is 12.4. The summed E-state index contributed by atoms with van der Waals surface area (Å²) in [6.45, 7) is 8.74. The second-order valence-electron chi connectivity index (χ2n) is 10.6. The van der Waals surface area contributed by atoms with E-state index in [0.717, 1.165) is 50.4 Å². The zero-order valence-electron chi connectivity index (χ0n) is 22.0. The maximum absolute atomic E-state index is 13.8. The van der Waals surface area contributed by atoms with Gasteiger partial charge in [0, 0.05) is 36.4 Å². The molecule has 9 heteroatoms. The van der Waals surface area contributed by atoms with Crippen molar-refractivity contribution in [2.75, 3.05) is 39.4 Å². The molecular weight excluding hydrogens is 500 g/mol. The van der Waals surface area contributed by atoms with Gasteiger partial charge in [0.2, 0.25) is 11.8 Å². The van der Waals surface area contributed by atoms with Crippen LogP contribution in [0.15, 0.2) is 54.6 Å². The zero-order chi connectivity index (χ0) is 26.7. The molecule has 3 atom stereocenters. The number of carbonyl (C=O) groups is 3. The van der Waals surface area contributed by atoms with E-state index in [4.69, 9.17) is 4.74 Å². The van der Waals surface area contributed by atoms with Gasteiger partial charge in [-0.1, -0.05) is 48.5 Å². The number of nitrogens with zero attached hydrogens (tertiary/aromatic N) is 2. The minimum absolute atomic E-state index is 0.129. The van der Waals surface area contributed by atoms with Gasteiger partial charge in [0.05, 0.1) is 13.2 Å². The lowest BCUT2D eigenvalue weighted by molar-refractivity contribution is -0.131. The van der Waals surface area contributed by atoms with E-state index < -0.39 is 16.8 Å². The molecular formula is C29H36N4O4S. The van der Waals surface area contributed by atoms with Gasteiger partial charge in [0.1, 0.15) is 17.5 Å². The van der Waals surface area contributed by atoms with E-state index in [0.29, 0.717) is 18.5 Å². The molecule has 2 aromatic rings. The standard InChI is InChI=1S/C29H36N4O4S/c1-29(2)24(33-27(36)21-11-6-7-12-22(21)28(33)38-29)26(35)31-23(19-20-9-4-3-5-10-20)25(34)30-13-8-14-32-15-17-37-18-16-32/h3-7,9-12,23-24,28H,8,13-19H2,1-2H3,(H,30,34)(H,31,35)/t23-,24+,28?/m0/s1. The molecule has 5 rings (SSSR count). The van der Waals surface area contributed by atoms with E-state index in [1.165, 1.54) is 0 Å². The molecule has 0 aliphatic carbocycles. The Hall–Kier alpha value is -2.88. The Morgan fingerprint density at radius 1 is 1.08 bits per heavy atom. The Kier molecular flexibility index (Phi) is 8.07. The number of fused-ring (bicyclic) bond motifs is 3. The van der Waals surface area contributed by atoms with Crippen LogP contribution in [0.25, 0.3) is 0 Å². The summed E-state index contributed by atoms with van der Waals surface area (Å²) in [4.78, 5) is 44.5. The van der Waals surface area contributed by atoms with E-state index in [1.54, 1.807) is 16.7 Å². The molecule has 0 bridgehead atoms. The molecule has 3 heterocycles. The third-order valence-electron chi connectivity index (χ3n) is 7.51. The van der Waals surface area contributed by atoms with E-state index >= 15 is 0 Å². The number of hydrogen-bond donors (Lipinski definition) is 2. The Bertz CT molecular complexity index is 1170. The van der Waals surface area contributed by atoms with Crippen molar-refractivity contribution >= 4 is 29.5 Å². The van der Waals surface area contributed by atoms with Crippen molar-refractivity contribution in [3.8, 4) is 0 Å². The lowest BCUT2D eigenvalue weighted by Gasteiger charge is -2.31. The monoisotopic (exact) mass is 536 g/mol. The molecule has 2 saturated heterocycles. The minimum atomic E-state index is -0.742. The van der Waals surface area contributed by atoms with E-state index in [1.807, 2.05) is 68.4 Å². The molecule has 0 spiro atoms. The number of carbonyl (C=O) groups excluding carboxylic acids is 3. The van der Waals surface area contributed by atoms with Crippen LogP contribution in [0.4, 0.5) is 0 Å². The van der Waals surface area contributed by atoms with Crippen molar-refractivity contribution in [1.82, 2.24) is 20.4 Å². The van der Waals surface area contributed by atoms with Crippen LogP contribution >= 0.6 is 11.8 Å². The third-order valence-corrected chi connectivity index (χ3v) is 9.05. The average Bonchev–Trinajstić information content (AvgIpc) is 3.35. The van der Waals surface area contributed by atoms with Gasteiger partial charge in [0.15, 0.2) is 0 Å². The lowest BCUT2D eigenvalue weighted by Crippen LogP contribution is -2.57. The van der Waals surface area contributed by atoms with Gasteiger partial charge in [0.25, 0.3) is 5.91 Å². The van der Waals surface area contributed by atoms with Crippen molar-refractivity contribution in [1.29, 1.82) is 0 Å². The maximum Gasteiger partial charge on any atom is 0.256 e. The smallest absolute Gasteiger partial charge is 0.256 e. The topological polar surface area (TPSA) is 91.0 Å². The van der Waals surface area contributed by atoms with E-state index in [-0.39, 0.29) is 23.1 Å². The molecule has 0 aromatic heterocycles. The average molecular weight is 537 g/mol. The van der Waals surface area contributed by atoms with Crippen LogP contribution < -0.4 is 10.6 Å². The molecule has 2 fully saturated rings. The number of benzene rings is 2. The first-order valence-corrected chi connectivity index (χ1v) is 14.2. The van der Waals surface area contributed by atoms with Gasteiger partial charge < -0.3 is 20.3 Å². The van der Waals surface area contributed by atoms with Crippen LogP contribution in [0, 0.1) is 0 Å². The number of rotatable bonds is 9. The summed E-state index contributed by atoms with van der Waals surface area (Å²) >= 11 is 1.62. The molecule has 0 saturated carbocycles. The van der Waals surface area contributed by atoms with Crippen LogP contribution in [0.1, 0.15) is 47.1 Å². The van der Waals surface area contributed by atoms with Gasteiger partial charge in [-0.05, 0) is 44.0 Å². The highest BCUT2D eigenvalue weighted by Gasteiger charge is 2.57. The molecule has 3 aliphatic rings. The summed E-state index contributed by atoms with van der Waals surface area (Å²) in [5.74, 6) is -0.633. The number of thioether (sulfide) groups is 1. The second kappa shape index (κ2) is 11.5. The number of nitrogens with one attached hydrogen (secondary N) is 2. The molecule has 0 radical (unpaired) electrons. The van der Waals surface area contributed by atoms with Gasteiger partial charge in [-0.25, -0.2) is 0 Å². The first-order valence-electron chi connectivity index (χ1n) is 13.4. The van der Waals surface area contributed by atoms with Crippen molar-refractivity contribution < 1.29 is 19.1 Å². The van der Waals surface area contributed by atoms with E-state index in [9.17, 15) is 14.4 Å². The highest BCUT2D eigenvalue weighted by molar-refractivity contribution is 8.01. The van der Waals surface area contributed by atoms with Crippen molar-refractivity contribution in [3.63, 3.8) is 0 Å². The highest BCUT2D eigenvalue weighted by atomic mass is 32.2. The summed E-state index contributed by atoms with van der Waals surface area (Å²) < 4.78 is 4.89. The summed E-state index contributed by atoms with van der Waals surface area (Å²) in [5, 5.41) is 5.86. The van der Waals surface area contributed by atoms with Gasteiger partial charge in [-0.2, -0.15) is 0 Å². The van der Waals surface area contributed by atoms with Crippen molar-refractivity contribution in [2.45, 2.75) is 48.9 Å². The SMILES string of the molecule is CC1(C)SC2c3ccccc3C(=O)N2[C@@H]1C(=O)N[C@@H](Cc1ccccc1)C(=O)NCCCN1CCOCC1. The maximum atomic E-state index is 13.8. The van der Waals surface area contributed by atoms with Crippen LogP contribution in [-0.4, -0.2) is 83.7 Å². The summed E-state index contributed by atoms with van der Waals surface area (Å²) in [7, 11) is 0. The molecule has 1 unspecified atom stereocenters. The number of amides is 3. The number of morpholine rings is 1. The molecule has 3 aliphatic heterocycles. The van der Waals surface area contributed by atoms with Crippen LogP contribution in [0.2, 0.25) is 0 Å². The van der Waals surface area contributed by atoms with Gasteiger partial charge in [-0.3, -0.25) is 19.3 Å². The Labute approximate surface area is 228 Å². The van der Waals surface area contributed by atoms with Gasteiger partial charge in [-0.15, -0.1) is 11.8 Å². The largest absolute Gasteiger partial charge is 0.379 e. The predicted octanol–water partition coefficient (Wildman–Crippen LogP) is 2.60. The number of hydrogen-bond acceptors (Lipinski definition) is 6. The molecule has 8 nitrogen and oxygen atoms in total. The Morgan fingerprint density at radius 2 is 1.79 bits per heavy atom. The molecule has 202 valence electrons. The summed E-state index contributed by atoms with van der Waals surface area (Å²) in [6, 6.07) is 15.8. The summed E-state index contributed by atoms with van der Waals surface area (Å²) in [5.41, 5.74) is 2.56. The molecule has 2 N–H and O–H groups in total. The van der Waals surface area contributed by atoms with E-state index in [2.05, 4.69) is 15.5 Å². The normalized spacial score (nSPS) is 23.0. The first-order chi connectivity index (χ1) is 18.3. The third kappa shape index (κ3) is 5.60. The highest BCUT2D eigenvalue weighted by Crippen LogP contribution is 2.56. The fourth-order valence-electron chi connectivity index (χ4n) is 5.58. The Morgan fingerprint density at radius 3 is 2.55 bits per heavy atom. The fraction of sp³-hybridized carbons (Fsp3) is 0.483. The fourth-order valence-corrected chi connectivity index (χ4v) is 7.16. The first kappa shape index (κ1) is 26.7. The lowest BCUT2D eigenvalue weighted by atomic mass is 9.99. The molecule has 3 amide bonds. The predicted molar refractivity (Wildman–Crippen MR) is 148 cm³/mol. The van der Waals surface area contributed by atoms with Crippen molar-refractivity contribution in [2.24, 2.45) is 0 Å². The minimum Gasteiger partial charge on any atom is -0.379 e. The molecule has 38 heavy (non-hydrogen) atoms. The van der Waals surface area contributed by atoms with Crippen LogP contribution in [0.3, 0.4) is 0 Å². The van der Waals surface area contributed by atoms with Crippen LogP contribution in [-0.2, 0) is 20.7 Å². The van der Waals surface area contributed by atoms with Gasteiger partial charge >= 0.3 is 0 Å². The zero-order valence-corrected chi connectivity index (χ0v) is 22.8. The molecule has 2 aromatic carbocycles. The Balaban J connectivity index is 1.27.